The lowest BCUT2D eigenvalue weighted by molar-refractivity contribution is -0.128. The number of methoxy groups -OCH3 is 1. The first-order valence-corrected chi connectivity index (χ1v) is 5.65. The molecule has 0 radical (unpaired) electrons. The summed E-state index contributed by atoms with van der Waals surface area (Å²) >= 11 is 0. The molecular formula is C14H14O4. The van der Waals surface area contributed by atoms with E-state index in [0.29, 0.717) is 22.5 Å². The lowest BCUT2D eigenvalue weighted by Crippen LogP contribution is -2.31. The van der Waals surface area contributed by atoms with E-state index in [-0.39, 0.29) is 18.0 Å². The molecule has 2 rings (SSSR count). The summed E-state index contributed by atoms with van der Waals surface area (Å²) in [4.78, 5) is 23.6. The van der Waals surface area contributed by atoms with E-state index in [9.17, 15) is 14.7 Å². The molecule has 0 heterocycles. The number of ketones is 2. The number of rotatable bonds is 2. The van der Waals surface area contributed by atoms with E-state index in [1.165, 1.54) is 0 Å². The average Bonchev–Trinajstić information content (AvgIpc) is 2.37. The number of hydrogen-bond donors (Lipinski definition) is 1. The minimum Gasteiger partial charge on any atom is -0.497 e. The van der Waals surface area contributed by atoms with Crippen LogP contribution in [-0.4, -0.2) is 29.9 Å². The van der Waals surface area contributed by atoms with Crippen molar-refractivity contribution in [3.63, 3.8) is 0 Å². The Morgan fingerprint density at radius 1 is 1.22 bits per heavy atom. The van der Waals surface area contributed by atoms with Gasteiger partial charge in [-0.25, -0.2) is 0 Å². The summed E-state index contributed by atoms with van der Waals surface area (Å²) in [6.07, 6.45) is -1.34. The third-order valence-electron chi connectivity index (χ3n) is 3.08. The van der Waals surface area contributed by atoms with Gasteiger partial charge in [0.2, 0.25) is 0 Å². The van der Waals surface area contributed by atoms with Gasteiger partial charge >= 0.3 is 0 Å². The van der Waals surface area contributed by atoms with Crippen LogP contribution in [0.3, 0.4) is 0 Å². The monoisotopic (exact) mass is 246 g/mol. The molecule has 0 aliphatic heterocycles. The van der Waals surface area contributed by atoms with Crippen molar-refractivity contribution in [1.29, 1.82) is 0 Å². The molecule has 0 saturated heterocycles. The van der Waals surface area contributed by atoms with Crippen molar-refractivity contribution in [2.45, 2.75) is 19.4 Å². The number of carbonyl (C=O) groups excluding carboxylic acids is 2. The zero-order valence-electron chi connectivity index (χ0n) is 10.3. The van der Waals surface area contributed by atoms with Gasteiger partial charge in [-0.3, -0.25) is 9.59 Å². The van der Waals surface area contributed by atoms with Crippen LogP contribution in [0.1, 0.15) is 18.9 Å². The highest BCUT2D eigenvalue weighted by Gasteiger charge is 2.31. The van der Waals surface area contributed by atoms with Crippen LogP contribution >= 0.6 is 0 Å². The highest BCUT2D eigenvalue weighted by molar-refractivity contribution is 6.30. The maximum atomic E-state index is 11.9. The van der Waals surface area contributed by atoms with Crippen LogP contribution in [0, 0.1) is 0 Å². The maximum absolute atomic E-state index is 11.9. The number of hydrogen-bond acceptors (Lipinski definition) is 4. The first kappa shape index (κ1) is 12.5. The van der Waals surface area contributed by atoms with E-state index >= 15 is 0 Å². The number of benzene rings is 1. The Hall–Kier alpha value is -1.94. The van der Waals surface area contributed by atoms with Gasteiger partial charge in [0.05, 0.1) is 7.11 Å². The van der Waals surface area contributed by atoms with E-state index in [2.05, 4.69) is 0 Å². The zero-order valence-corrected chi connectivity index (χ0v) is 10.3. The van der Waals surface area contributed by atoms with E-state index in [4.69, 9.17) is 4.74 Å². The molecule has 18 heavy (non-hydrogen) atoms. The van der Waals surface area contributed by atoms with E-state index < -0.39 is 6.10 Å². The fraction of sp³-hybridized carbons (Fsp3) is 0.286. The van der Waals surface area contributed by atoms with Gasteiger partial charge in [-0.2, -0.15) is 0 Å². The third-order valence-corrected chi connectivity index (χ3v) is 3.08. The second-order valence-corrected chi connectivity index (χ2v) is 4.24. The molecule has 1 N–H and O–H groups in total. The predicted octanol–water partition coefficient (Wildman–Crippen LogP) is 1.37. The summed E-state index contributed by atoms with van der Waals surface area (Å²) in [6, 6.07) is 6.94. The van der Waals surface area contributed by atoms with Gasteiger partial charge in [-0.05, 0) is 24.6 Å². The molecule has 1 aliphatic carbocycles. The van der Waals surface area contributed by atoms with Crippen molar-refractivity contribution < 1.29 is 19.4 Å². The first-order chi connectivity index (χ1) is 8.54. The number of ether oxygens (including phenoxy) is 1. The third kappa shape index (κ3) is 2.07. The fourth-order valence-corrected chi connectivity index (χ4v) is 2.09. The molecular weight excluding hydrogens is 232 g/mol. The van der Waals surface area contributed by atoms with Crippen molar-refractivity contribution in [3.05, 3.63) is 35.4 Å². The number of aliphatic hydroxyl groups is 1. The van der Waals surface area contributed by atoms with Gasteiger partial charge in [0.25, 0.3) is 0 Å². The molecule has 1 atom stereocenters. The van der Waals surface area contributed by atoms with Crippen LogP contribution in [0.15, 0.2) is 29.8 Å². The zero-order chi connectivity index (χ0) is 13.3. The van der Waals surface area contributed by atoms with Crippen LogP contribution < -0.4 is 4.74 Å². The number of Topliss-reactive ketones (excluding diaryl/α,β-unsaturated/α-hetero) is 2. The maximum Gasteiger partial charge on any atom is 0.188 e. The normalized spacial score (nSPS) is 20.3. The quantitative estimate of drug-likeness (QED) is 0.856. The predicted molar refractivity (Wildman–Crippen MR) is 66.2 cm³/mol. The molecule has 4 heteroatoms. The van der Waals surface area contributed by atoms with Crippen molar-refractivity contribution in [2.24, 2.45) is 0 Å². The van der Waals surface area contributed by atoms with Gasteiger partial charge < -0.3 is 9.84 Å². The van der Waals surface area contributed by atoms with Crippen molar-refractivity contribution in [3.8, 4) is 5.75 Å². The molecule has 0 bridgehead atoms. The first-order valence-electron chi connectivity index (χ1n) is 5.65. The van der Waals surface area contributed by atoms with Crippen molar-refractivity contribution in [1.82, 2.24) is 0 Å². The molecule has 4 nitrogen and oxygen atoms in total. The van der Waals surface area contributed by atoms with E-state index in [1.54, 1.807) is 38.3 Å². The molecule has 0 spiro atoms. The molecule has 0 unspecified atom stereocenters. The second-order valence-electron chi connectivity index (χ2n) is 4.24. The summed E-state index contributed by atoms with van der Waals surface area (Å²) in [7, 11) is 1.56. The average molecular weight is 246 g/mol. The molecule has 1 aliphatic rings. The summed E-state index contributed by atoms with van der Waals surface area (Å²) in [6.45, 7) is 1.57. The van der Waals surface area contributed by atoms with Gasteiger partial charge in [-0.1, -0.05) is 12.1 Å². The lowest BCUT2D eigenvalue weighted by atomic mass is 9.85. The Bertz CT molecular complexity index is 525. The minimum absolute atomic E-state index is 0.141. The second kappa shape index (κ2) is 4.74. The van der Waals surface area contributed by atoms with Gasteiger partial charge in [0.1, 0.15) is 11.9 Å². The van der Waals surface area contributed by atoms with Crippen molar-refractivity contribution in [2.75, 3.05) is 7.11 Å². The van der Waals surface area contributed by atoms with Crippen LogP contribution in [0.2, 0.25) is 0 Å². The molecule has 0 saturated carbocycles. The van der Waals surface area contributed by atoms with Crippen LogP contribution in [0.25, 0.3) is 5.57 Å². The van der Waals surface area contributed by atoms with Crippen molar-refractivity contribution >= 4 is 17.1 Å². The smallest absolute Gasteiger partial charge is 0.188 e. The number of carbonyl (C=O) groups is 2. The molecule has 0 aromatic heterocycles. The summed E-state index contributed by atoms with van der Waals surface area (Å²) in [5.74, 6) is 0.108. The summed E-state index contributed by atoms with van der Waals surface area (Å²) < 4.78 is 5.04. The van der Waals surface area contributed by atoms with Gasteiger partial charge in [-0.15, -0.1) is 0 Å². The Morgan fingerprint density at radius 2 is 1.83 bits per heavy atom. The van der Waals surface area contributed by atoms with Gasteiger partial charge in [0, 0.05) is 17.6 Å². The van der Waals surface area contributed by atoms with Gasteiger partial charge in [0.15, 0.2) is 11.6 Å². The van der Waals surface area contributed by atoms with Crippen LogP contribution in [0.5, 0.6) is 5.75 Å². The molecule has 1 aromatic rings. The fourth-order valence-electron chi connectivity index (χ4n) is 2.09. The van der Waals surface area contributed by atoms with E-state index in [1.807, 2.05) is 0 Å². The lowest BCUT2D eigenvalue weighted by Gasteiger charge is -2.20. The number of allylic oxidation sites excluding steroid dienone is 1. The standard InChI is InChI=1S/C14H14O4/c1-8-13(11(15)7-12(16)14(8)17)9-3-5-10(18-2)6-4-9/h3-6,12,16H,7H2,1-2H3/t12-/m1/s1. The highest BCUT2D eigenvalue weighted by atomic mass is 16.5. The Balaban J connectivity index is 2.47. The molecule has 0 amide bonds. The Labute approximate surface area is 105 Å². The SMILES string of the molecule is COc1ccc(C2=C(C)C(=O)[C@H](O)CC2=O)cc1. The number of aliphatic hydroxyl groups excluding tert-OH is 1. The Morgan fingerprint density at radius 3 is 2.39 bits per heavy atom. The largest absolute Gasteiger partial charge is 0.497 e. The van der Waals surface area contributed by atoms with Crippen LogP contribution in [0.4, 0.5) is 0 Å². The minimum atomic E-state index is -1.19. The summed E-state index contributed by atoms with van der Waals surface area (Å²) in [5.41, 5.74) is 1.40. The topological polar surface area (TPSA) is 63.6 Å². The summed E-state index contributed by atoms with van der Waals surface area (Å²) in [5, 5.41) is 9.44. The Kier molecular flexibility index (Phi) is 3.30. The molecule has 94 valence electrons. The highest BCUT2D eigenvalue weighted by Crippen LogP contribution is 2.28. The van der Waals surface area contributed by atoms with Crippen LogP contribution in [-0.2, 0) is 9.59 Å². The molecule has 0 fully saturated rings. The van der Waals surface area contributed by atoms with E-state index in [0.717, 1.165) is 0 Å². The molecule has 1 aromatic carbocycles.